The third-order valence-corrected chi connectivity index (χ3v) is 3.16. The Hall–Kier alpha value is -0.820. The van der Waals surface area contributed by atoms with Crippen molar-refractivity contribution in [2.75, 3.05) is 38.8 Å². The topological polar surface area (TPSA) is 36.9 Å². The van der Waals surface area contributed by atoms with Crippen molar-refractivity contribution in [2.24, 2.45) is 4.99 Å². The first kappa shape index (κ1) is 16.2. The molecule has 0 fully saturated rings. The Morgan fingerprint density at radius 2 is 2.21 bits per heavy atom. The molecule has 2 rings (SSSR count). The van der Waals surface area contributed by atoms with E-state index in [-0.39, 0.29) is 24.0 Å². The molecular weight excluding hydrogens is 353 g/mol. The molecule has 0 bridgehead atoms. The van der Waals surface area contributed by atoms with Crippen LogP contribution < -0.4 is 10.2 Å². The van der Waals surface area contributed by atoms with Gasteiger partial charge in [-0.25, -0.2) is 0 Å². The minimum absolute atomic E-state index is 0. The van der Waals surface area contributed by atoms with Crippen molar-refractivity contribution >= 4 is 35.6 Å². The number of hydrogen-bond donors (Lipinski definition) is 1. The highest BCUT2D eigenvalue weighted by Crippen LogP contribution is 2.27. The monoisotopic (exact) mass is 375 g/mol. The lowest BCUT2D eigenvalue weighted by Gasteiger charge is -2.22. The molecule has 0 aliphatic carbocycles. The van der Waals surface area contributed by atoms with Crippen molar-refractivity contribution in [3.05, 3.63) is 29.8 Å². The van der Waals surface area contributed by atoms with Gasteiger partial charge in [0.05, 0.1) is 0 Å². The standard InChI is InChI=1S/C14H21N3O.HI/c1-15-14(16-9-5-11-18-2)17-10-8-12-6-3-4-7-13(12)17;/h3-4,6-7H,5,8-11H2,1-2H3,(H,15,16);1H. The molecule has 1 N–H and O–H groups in total. The number of rotatable bonds is 4. The van der Waals surface area contributed by atoms with Crippen LogP contribution in [0.15, 0.2) is 29.3 Å². The van der Waals surface area contributed by atoms with E-state index in [1.807, 2.05) is 7.05 Å². The molecule has 1 aromatic rings. The number of nitrogens with one attached hydrogen (secondary N) is 1. The molecule has 0 spiro atoms. The summed E-state index contributed by atoms with van der Waals surface area (Å²) in [6.45, 7) is 2.67. The number of benzene rings is 1. The van der Waals surface area contributed by atoms with Crippen LogP contribution in [0.1, 0.15) is 12.0 Å². The Kier molecular flexibility index (Phi) is 7.15. The molecule has 5 heteroatoms. The Morgan fingerprint density at radius 3 is 2.95 bits per heavy atom. The van der Waals surface area contributed by atoms with Gasteiger partial charge in [0.2, 0.25) is 0 Å². The van der Waals surface area contributed by atoms with Crippen molar-refractivity contribution in [3.63, 3.8) is 0 Å². The number of ether oxygens (including phenoxy) is 1. The van der Waals surface area contributed by atoms with Gasteiger partial charge in [-0.05, 0) is 24.5 Å². The number of fused-ring (bicyclic) bond motifs is 1. The zero-order valence-corrected chi connectivity index (χ0v) is 13.9. The molecule has 0 unspecified atom stereocenters. The zero-order chi connectivity index (χ0) is 12.8. The summed E-state index contributed by atoms with van der Waals surface area (Å²) >= 11 is 0. The van der Waals surface area contributed by atoms with Crippen molar-refractivity contribution in [3.8, 4) is 0 Å². The van der Waals surface area contributed by atoms with Gasteiger partial charge >= 0.3 is 0 Å². The molecule has 0 saturated heterocycles. The highest BCUT2D eigenvalue weighted by atomic mass is 127. The van der Waals surface area contributed by atoms with Crippen molar-refractivity contribution < 1.29 is 4.74 Å². The van der Waals surface area contributed by atoms with Gasteiger partial charge in [0.15, 0.2) is 5.96 Å². The van der Waals surface area contributed by atoms with Crippen LogP contribution in [0.4, 0.5) is 5.69 Å². The molecule has 0 atom stereocenters. The van der Waals surface area contributed by atoms with Crippen LogP contribution >= 0.6 is 24.0 Å². The van der Waals surface area contributed by atoms with E-state index in [4.69, 9.17) is 4.74 Å². The van der Waals surface area contributed by atoms with Crippen LogP contribution in [0.3, 0.4) is 0 Å². The minimum Gasteiger partial charge on any atom is -0.385 e. The minimum atomic E-state index is 0. The van der Waals surface area contributed by atoms with Crippen LogP contribution in [0, 0.1) is 0 Å². The second kappa shape index (κ2) is 8.37. The Morgan fingerprint density at radius 1 is 1.42 bits per heavy atom. The maximum Gasteiger partial charge on any atom is 0.198 e. The van der Waals surface area contributed by atoms with Crippen LogP contribution in [0.25, 0.3) is 0 Å². The van der Waals surface area contributed by atoms with E-state index in [2.05, 4.69) is 39.5 Å². The first-order valence-corrected chi connectivity index (χ1v) is 6.42. The van der Waals surface area contributed by atoms with E-state index in [9.17, 15) is 0 Å². The molecule has 0 saturated carbocycles. The van der Waals surface area contributed by atoms with Gasteiger partial charge in [-0.15, -0.1) is 24.0 Å². The number of nitrogens with zero attached hydrogens (tertiary/aromatic N) is 2. The molecule has 1 aliphatic rings. The van der Waals surface area contributed by atoms with Crippen LogP contribution in [0.5, 0.6) is 0 Å². The smallest absolute Gasteiger partial charge is 0.198 e. The summed E-state index contributed by atoms with van der Waals surface area (Å²) in [6.07, 6.45) is 2.08. The molecule has 19 heavy (non-hydrogen) atoms. The number of anilines is 1. The molecule has 1 aliphatic heterocycles. The predicted molar refractivity (Wildman–Crippen MR) is 90.8 cm³/mol. The van der Waals surface area contributed by atoms with Crippen molar-refractivity contribution in [1.29, 1.82) is 0 Å². The van der Waals surface area contributed by atoms with Gasteiger partial charge in [-0.1, -0.05) is 18.2 Å². The maximum atomic E-state index is 5.05. The van der Waals surface area contributed by atoms with E-state index in [1.54, 1.807) is 7.11 Å². The third kappa shape index (κ3) is 4.07. The van der Waals surface area contributed by atoms with Gasteiger partial charge in [-0.3, -0.25) is 4.99 Å². The van der Waals surface area contributed by atoms with Crippen molar-refractivity contribution in [1.82, 2.24) is 5.32 Å². The van der Waals surface area contributed by atoms with E-state index in [1.165, 1.54) is 11.3 Å². The highest BCUT2D eigenvalue weighted by molar-refractivity contribution is 14.0. The van der Waals surface area contributed by atoms with E-state index in [0.717, 1.165) is 38.5 Å². The summed E-state index contributed by atoms with van der Waals surface area (Å²) in [5, 5.41) is 3.38. The molecule has 4 nitrogen and oxygen atoms in total. The summed E-state index contributed by atoms with van der Waals surface area (Å²) < 4.78 is 5.05. The summed E-state index contributed by atoms with van der Waals surface area (Å²) in [4.78, 5) is 6.61. The number of methoxy groups -OCH3 is 1. The predicted octanol–water partition coefficient (Wildman–Crippen LogP) is 2.28. The number of aliphatic imine (C=N–C) groups is 1. The number of halogens is 1. The maximum absolute atomic E-state index is 5.05. The van der Waals surface area contributed by atoms with Gasteiger partial charge in [0.1, 0.15) is 0 Å². The molecule has 0 aromatic heterocycles. The quantitative estimate of drug-likeness (QED) is 0.380. The molecular formula is C14H22IN3O. The number of hydrogen-bond acceptors (Lipinski definition) is 2. The average Bonchev–Trinajstić information content (AvgIpc) is 2.83. The lowest BCUT2D eigenvalue weighted by molar-refractivity contribution is 0.195. The molecule has 0 radical (unpaired) electrons. The highest BCUT2D eigenvalue weighted by Gasteiger charge is 2.21. The Labute approximate surface area is 132 Å². The lowest BCUT2D eigenvalue weighted by atomic mass is 10.2. The van der Waals surface area contributed by atoms with Gasteiger partial charge in [0, 0.05) is 39.5 Å². The first-order chi connectivity index (χ1) is 8.86. The molecule has 106 valence electrons. The van der Waals surface area contributed by atoms with Crippen LogP contribution in [-0.2, 0) is 11.2 Å². The second-order valence-corrected chi connectivity index (χ2v) is 4.35. The van der Waals surface area contributed by atoms with Gasteiger partial charge < -0.3 is 15.0 Å². The first-order valence-electron chi connectivity index (χ1n) is 6.42. The fourth-order valence-electron chi connectivity index (χ4n) is 2.27. The van der Waals surface area contributed by atoms with Gasteiger partial charge in [0.25, 0.3) is 0 Å². The van der Waals surface area contributed by atoms with Crippen LogP contribution in [-0.4, -0.2) is 39.8 Å². The third-order valence-electron chi connectivity index (χ3n) is 3.16. The summed E-state index contributed by atoms with van der Waals surface area (Å²) in [6, 6.07) is 8.52. The van der Waals surface area contributed by atoms with Crippen LogP contribution in [0.2, 0.25) is 0 Å². The summed E-state index contributed by atoms with van der Waals surface area (Å²) in [7, 11) is 3.56. The van der Waals surface area contributed by atoms with E-state index >= 15 is 0 Å². The van der Waals surface area contributed by atoms with E-state index in [0.29, 0.717) is 0 Å². The van der Waals surface area contributed by atoms with Crippen molar-refractivity contribution in [2.45, 2.75) is 12.8 Å². The fraction of sp³-hybridized carbons (Fsp3) is 0.500. The SMILES string of the molecule is CN=C(NCCCOC)N1CCc2ccccc21.I. The van der Waals surface area contributed by atoms with E-state index < -0.39 is 0 Å². The molecule has 1 heterocycles. The normalized spacial score (nSPS) is 14.0. The average molecular weight is 375 g/mol. The Bertz CT molecular complexity index is 423. The summed E-state index contributed by atoms with van der Waals surface area (Å²) in [5.41, 5.74) is 2.68. The molecule has 0 amide bonds. The largest absolute Gasteiger partial charge is 0.385 e. The lowest BCUT2D eigenvalue weighted by Crippen LogP contribution is -2.41. The fourth-order valence-corrected chi connectivity index (χ4v) is 2.27. The summed E-state index contributed by atoms with van der Waals surface area (Å²) in [5.74, 6) is 0.955. The zero-order valence-electron chi connectivity index (χ0n) is 11.6. The molecule has 1 aromatic carbocycles. The second-order valence-electron chi connectivity index (χ2n) is 4.35. The number of guanidine groups is 1. The number of para-hydroxylation sites is 1. The Balaban J connectivity index is 0.00000180. The van der Waals surface area contributed by atoms with Gasteiger partial charge in [-0.2, -0.15) is 0 Å².